The average molecular weight is 243 g/mol. The maximum atomic E-state index is 11.9. The van der Waals surface area contributed by atoms with Gasteiger partial charge in [-0.1, -0.05) is 5.16 Å². The largest absolute Gasteiger partial charge is 0.384 e. The summed E-state index contributed by atoms with van der Waals surface area (Å²) in [6.45, 7) is 1.30. The van der Waals surface area contributed by atoms with Gasteiger partial charge in [-0.15, -0.1) is 0 Å². The Morgan fingerprint density at radius 1 is 1.44 bits per heavy atom. The summed E-state index contributed by atoms with van der Waals surface area (Å²) in [6.07, 6.45) is 2.53. The fourth-order valence-electron chi connectivity index (χ4n) is 2.05. The van der Waals surface area contributed by atoms with Crippen LogP contribution in [0.25, 0.3) is 0 Å². The van der Waals surface area contributed by atoms with E-state index in [1.165, 1.54) is 5.56 Å². The van der Waals surface area contributed by atoms with Gasteiger partial charge >= 0.3 is 0 Å². The van der Waals surface area contributed by atoms with Crippen molar-refractivity contribution in [3.63, 3.8) is 0 Å². The Morgan fingerprint density at radius 2 is 2.39 bits per heavy atom. The van der Waals surface area contributed by atoms with E-state index in [2.05, 4.69) is 15.8 Å². The molecular formula is C13H13N3O2. The minimum Gasteiger partial charge on any atom is -0.384 e. The molecule has 1 aromatic carbocycles. The summed E-state index contributed by atoms with van der Waals surface area (Å²) >= 11 is 0. The van der Waals surface area contributed by atoms with E-state index in [1.54, 1.807) is 12.3 Å². The molecule has 0 fully saturated rings. The molecule has 0 saturated carbocycles. The number of hydrogen-bond acceptors (Lipinski definition) is 4. The van der Waals surface area contributed by atoms with Crippen molar-refractivity contribution < 1.29 is 9.32 Å². The Hall–Kier alpha value is -2.30. The number of nitrogens with zero attached hydrogens (tertiary/aromatic N) is 1. The molecule has 2 aromatic rings. The van der Waals surface area contributed by atoms with Crippen LogP contribution in [-0.2, 0) is 13.0 Å². The molecule has 0 aliphatic carbocycles. The highest BCUT2D eigenvalue weighted by atomic mass is 16.5. The van der Waals surface area contributed by atoms with Gasteiger partial charge in [0, 0.05) is 23.9 Å². The molecule has 0 saturated heterocycles. The van der Waals surface area contributed by atoms with E-state index < -0.39 is 0 Å². The fourth-order valence-corrected chi connectivity index (χ4v) is 2.05. The quantitative estimate of drug-likeness (QED) is 0.858. The Kier molecular flexibility index (Phi) is 2.72. The maximum Gasteiger partial charge on any atom is 0.251 e. The third kappa shape index (κ3) is 2.07. The van der Waals surface area contributed by atoms with Gasteiger partial charge in [-0.25, -0.2) is 0 Å². The summed E-state index contributed by atoms with van der Waals surface area (Å²) < 4.78 is 4.92. The van der Waals surface area contributed by atoms with E-state index in [-0.39, 0.29) is 5.91 Å². The third-order valence-corrected chi connectivity index (χ3v) is 2.99. The molecule has 1 amide bonds. The van der Waals surface area contributed by atoms with Crippen molar-refractivity contribution in [1.29, 1.82) is 0 Å². The van der Waals surface area contributed by atoms with Crippen molar-refractivity contribution in [3.05, 3.63) is 47.3 Å². The van der Waals surface area contributed by atoms with E-state index in [4.69, 9.17) is 4.52 Å². The molecule has 0 radical (unpaired) electrons. The van der Waals surface area contributed by atoms with Crippen LogP contribution in [0.2, 0.25) is 0 Å². The zero-order valence-corrected chi connectivity index (χ0v) is 9.77. The lowest BCUT2D eigenvalue weighted by Gasteiger charge is -2.05. The predicted octanol–water partition coefficient (Wildman–Crippen LogP) is 1.57. The molecule has 0 atom stereocenters. The van der Waals surface area contributed by atoms with Crippen molar-refractivity contribution >= 4 is 11.6 Å². The first-order chi connectivity index (χ1) is 8.83. The summed E-state index contributed by atoms with van der Waals surface area (Å²) in [5, 5.41) is 9.65. The number of hydrogen-bond donors (Lipinski definition) is 2. The molecular weight excluding hydrogens is 230 g/mol. The van der Waals surface area contributed by atoms with Gasteiger partial charge in [0.05, 0.1) is 12.7 Å². The number of nitrogens with one attached hydrogen (secondary N) is 2. The van der Waals surface area contributed by atoms with Gasteiger partial charge < -0.3 is 15.2 Å². The van der Waals surface area contributed by atoms with E-state index in [9.17, 15) is 4.79 Å². The van der Waals surface area contributed by atoms with E-state index in [0.29, 0.717) is 17.9 Å². The van der Waals surface area contributed by atoms with Gasteiger partial charge in [-0.05, 0) is 30.2 Å². The Bertz CT molecular complexity index is 564. The average Bonchev–Trinajstić information content (AvgIpc) is 3.05. The van der Waals surface area contributed by atoms with Gasteiger partial charge in [0.2, 0.25) is 0 Å². The molecule has 0 spiro atoms. The second kappa shape index (κ2) is 4.52. The molecule has 5 nitrogen and oxygen atoms in total. The zero-order valence-electron chi connectivity index (χ0n) is 9.77. The van der Waals surface area contributed by atoms with Gasteiger partial charge in [-0.3, -0.25) is 4.79 Å². The smallest absolute Gasteiger partial charge is 0.251 e. The molecule has 5 heteroatoms. The summed E-state index contributed by atoms with van der Waals surface area (Å²) in [5.41, 5.74) is 3.00. The molecule has 18 heavy (non-hydrogen) atoms. The Labute approximate surface area is 104 Å². The van der Waals surface area contributed by atoms with Gasteiger partial charge in [-0.2, -0.15) is 0 Å². The molecule has 2 N–H and O–H groups in total. The lowest BCUT2D eigenvalue weighted by atomic mass is 10.1. The lowest BCUT2D eigenvalue weighted by molar-refractivity contribution is 0.0947. The van der Waals surface area contributed by atoms with Crippen molar-refractivity contribution in [1.82, 2.24) is 10.5 Å². The zero-order chi connectivity index (χ0) is 12.4. The van der Waals surface area contributed by atoms with Crippen LogP contribution in [-0.4, -0.2) is 17.6 Å². The molecule has 1 aliphatic heterocycles. The van der Waals surface area contributed by atoms with E-state index in [0.717, 1.165) is 18.7 Å². The van der Waals surface area contributed by atoms with Gasteiger partial charge in [0.15, 0.2) is 5.76 Å². The first kappa shape index (κ1) is 10.8. The van der Waals surface area contributed by atoms with Crippen LogP contribution >= 0.6 is 0 Å². The summed E-state index contributed by atoms with van der Waals surface area (Å²) in [5.74, 6) is 0.548. The second-order valence-corrected chi connectivity index (χ2v) is 4.21. The van der Waals surface area contributed by atoms with Crippen LogP contribution in [0.15, 0.2) is 35.0 Å². The summed E-state index contributed by atoms with van der Waals surface area (Å²) in [4.78, 5) is 11.9. The topological polar surface area (TPSA) is 67.2 Å². The molecule has 0 unspecified atom stereocenters. The van der Waals surface area contributed by atoms with Crippen LogP contribution in [0.1, 0.15) is 21.7 Å². The first-order valence-corrected chi connectivity index (χ1v) is 5.87. The van der Waals surface area contributed by atoms with Crippen LogP contribution in [0, 0.1) is 0 Å². The molecule has 92 valence electrons. The number of rotatable bonds is 3. The number of aromatic nitrogens is 1. The minimum atomic E-state index is -0.0962. The van der Waals surface area contributed by atoms with Gasteiger partial charge in [0.1, 0.15) is 0 Å². The lowest BCUT2D eigenvalue weighted by Crippen LogP contribution is -2.22. The third-order valence-electron chi connectivity index (χ3n) is 2.99. The molecule has 1 aliphatic rings. The van der Waals surface area contributed by atoms with Crippen LogP contribution in [0.4, 0.5) is 5.69 Å². The van der Waals surface area contributed by atoms with E-state index >= 15 is 0 Å². The highest BCUT2D eigenvalue weighted by Gasteiger charge is 2.13. The van der Waals surface area contributed by atoms with Gasteiger partial charge in [0.25, 0.3) is 5.91 Å². The van der Waals surface area contributed by atoms with Crippen molar-refractivity contribution in [2.24, 2.45) is 0 Å². The molecule has 1 aromatic heterocycles. The standard InChI is InChI=1S/C13H13N3O2/c17-13(15-8-11-4-6-16-18-11)10-1-2-12-9(7-10)3-5-14-12/h1-2,4,6-7,14H,3,5,8H2,(H,15,17). The molecule has 2 heterocycles. The summed E-state index contributed by atoms with van der Waals surface area (Å²) in [7, 11) is 0. The number of carbonyl (C=O) groups excluding carboxylic acids is 1. The fraction of sp³-hybridized carbons (Fsp3) is 0.231. The predicted molar refractivity (Wildman–Crippen MR) is 66.3 cm³/mol. The second-order valence-electron chi connectivity index (χ2n) is 4.21. The summed E-state index contributed by atoms with van der Waals surface area (Å²) in [6, 6.07) is 7.44. The van der Waals surface area contributed by atoms with Crippen LogP contribution < -0.4 is 10.6 Å². The highest BCUT2D eigenvalue weighted by Crippen LogP contribution is 2.22. The van der Waals surface area contributed by atoms with E-state index in [1.807, 2.05) is 18.2 Å². The highest BCUT2D eigenvalue weighted by molar-refractivity contribution is 5.95. The van der Waals surface area contributed by atoms with Crippen LogP contribution in [0.3, 0.4) is 0 Å². The number of fused-ring (bicyclic) bond motifs is 1. The van der Waals surface area contributed by atoms with Crippen LogP contribution in [0.5, 0.6) is 0 Å². The normalized spacial score (nSPS) is 12.9. The number of carbonyl (C=O) groups is 1. The SMILES string of the molecule is O=C(NCc1ccno1)c1ccc2c(c1)CCN2. The van der Waals surface area contributed by atoms with Crippen molar-refractivity contribution in [2.75, 3.05) is 11.9 Å². The Balaban J connectivity index is 1.69. The first-order valence-electron chi connectivity index (χ1n) is 5.87. The monoisotopic (exact) mass is 243 g/mol. The van der Waals surface area contributed by atoms with Crippen molar-refractivity contribution in [2.45, 2.75) is 13.0 Å². The maximum absolute atomic E-state index is 11.9. The number of benzene rings is 1. The molecule has 3 rings (SSSR count). The molecule has 0 bridgehead atoms. The van der Waals surface area contributed by atoms with Crippen molar-refractivity contribution in [3.8, 4) is 0 Å². The minimum absolute atomic E-state index is 0.0962. The Morgan fingerprint density at radius 3 is 3.22 bits per heavy atom. The number of anilines is 1. The number of amides is 1.